The number of carbonyl (C=O) groups excluding carboxylic acids is 1. The average Bonchev–Trinajstić information content (AvgIpc) is 3.19. The molecule has 0 atom stereocenters. The number of thiazole rings is 1. The van der Waals surface area contributed by atoms with Gasteiger partial charge >= 0.3 is 0 Å². The van der Waals surface area contributed by atoms with Crippen molar-refractivity contribution in [2.75, 3.05) is 18.6 Å². The summed E-state index contributed by atoms with van der Waals surface area (Å²) in [6.07, 6.45) is 1.11. The van der Waals surface area contributed by atoms with Crippen LogP contribution in [0, 0.1) is 0 Å². The first-order chi connectivity index (χ1) is 14.2. The lowest BCUT2D eigenvalue weighted by atomic mass is 10.1. The zero-order valence-electron chi connectivity index (χ0n) is 16.2. The molecule has 5 heteroatoms. The maximum absolute atomic E-state index is 13.2. The van der Waals surface area contributed by atoms with Gasteiger partial charge in [-0.25, -0.2) is 4.98 Å². The normalized spacial score (nSPS) is 10.8. The molecule has 0 aliphatic carbocycles. The molecule has 1 amide bonds. The van der Waals surface area contributed by atoms with Gasteiger partial charge in [0.25, 0.3) is 0 Å². The van der Waals surface area contributed by atoms with E-state index in [0.29, 0.717) is 13.0 Å². The van der Waals surface area contributed by atoms with Gasteiger partial charge in [0.2, 0.25) is 5.91 Å². The second kappa shape index (κ2) is 8.88. The van der Waals surface area contributed by atoms with Crippen molar-refractivity contribution in [3.05, 3.63) is 90.0 Å². The molecular formula is C24H22N2O2S. The van der Waals surface area contributed by atoms with Crippen molar-refractivity contribution in [1.82, 2.24) is 4.98 Å². The summed E-state index contributed by atoms with van der Waals surface area (Å²) in [6, 6.07) is 25.9. The van der Waals surface area contributed by atoms with Gasteiger partial charge in [0.15, 0.2) is 5.13 Å². The SMILES string of the molecule is COc1ccc(CC(=O)N(CCc2ccccc2)c2nc3ccccc3s2)cc1. The van der Waals surface area contributed by atoms with Gasteiger partial charge in [-0.05, 0) is 41.8 Å². The van der Waals surface area contributed by atoms with Gasteiger partial charge in [0.05, 0.1) is 23.7 Å². The molecule has 3 aromatic carbocycles. The molecule has 0 unspecified atom stereocenters. The fraction of sp³-hybridized carbons (Fsp3) is 0.167. The van der Waals surface area contributed by atoms with Crippen molar-refractivity contribution in [2.45, 2.75) is 12.8 Å². The second-order valence-corrected chi connectivity index (χ2v) is 7.78. The summed E-state index contributed by atoms with van der Waals surface area (Å²) >= 11 is 1.56. The third-order valence-electron chi connectivity index (χ3n) is 4.80. The molecule has 0 spiro atoms. The van der Waals surface area contributed by atoms with E-state index in [0.717, 1.165) is 33.1 Å². The first kappa shape index (κ1) is 19.2. The number of fused-ring (bicyclic) bond motifs is 1. The fourth-order valence-electron chi connectivity index (χ4n) is 3.20. The fourth-order valence-corrected chi connectivity index (χ4v) is 4.21. The number of rotatable bonds is 7. The van der Waals surface area contributed by atoms with Crippen LogP contribution in [0.4, 0.5) is 5.13 Å². The third-order valence-corrected chi connectivity index (χ3v) is 5.86. The standard InChI is InChI=1S/C24H22N2O2S/c1-28-20-13-11-19(12-14-20)17-23(27)26(16-15-18-7-3-2-4-8-18)24-25-21-9-5-6-10-22(21)29-24/h2-14H,15-17H2,1H3. The Hall–Kier alpha value is -3.18. The summed E-state index contributed by atoms with van der Waals surface area (Å²) in [4.78, 5) is 19.8. The number of carbonyl (C=O) groups is 1. The molecule has 29 heavy (non-hydrogen) atoms. The molecule has 4 rings (SSSR count). The van der Waals surface area contributed by atoms with Crippen LogP contribution in [0.3, 0.4) is 0 Å². The summed E-state index contributed by atoms with van der Waals surface area (Å²) in [6.45, 7) is 0.596. The van der Waals surface area contributed by atoms with Crippen molar-refractivity contribution in [3.63, 3.8) is 0 Å². The van der Waals surface area contributed by atoms with E-state index in [9.17, 15) is 4.79 Å². The number of para-hydroxylation sites is 1. The Balaban J connectivity index is 1.58. The number of methoxy groups -OCH3 is 1. The monoisotopic (exact) mass is 402 g/mol. The number of amides is 1. The molecule has 0 saturated carbocycles. The molecule has 1 aromatic heterocycles. The van der Waals surface area contributed by atoms with E-state index in [-0.39, 0.29) is 5.91 Å². The van der Waals surface area contributed by atoms with Gasteiger partial charge in [0.1, 0.15) is 5.75 Å². The van der Waals surface area contributed by atoms with Gasteiger partial charge in [-0.1, -0.05) is 65.9 Å². The van der Waals surface area contributed by atoms with Gasteiger partial charge in [-0.2, -0.15) is 0 Å². The van der Waals surface area contributed by atoms with Gasteiger partial charge in [-0.3, -0.25) is 9.69 Å². The van der Waals surface area contributed by atoms with Crippen LogP contribution in [0.5, 0.6) is 5.75 Å². The lowest BCUT2D eigenvalue weighted by Crippen LogP contribution is -2.34. The third kappa shape index (κ3) is 4.63. The molecule has 0 radical (unpaired) electrons. The Morgan fingerprint density at radius 1 is 0.931 bits per heavy atom. The van der Waals surface area contributed by atoms with Crippen LogP contribution in [0.15, 0.2) is 78.9 Å². The average molecular weight is 403 g/mol. The van der Waals surface area contributed by atoms with Crippen molar-refractivity contribution < 1.29 is 9.53 Å². The molecular weight excluding hydrogens is 380 g/mol. The summed E-state index contributed by atoms with van der Waals surface area (Å²) in [5.74, 6) is 0.832. The number of aromatic nitrogens is 1. The Bertz CT molecular complexity index is 1060. The van der Waals surface area contributed by atoms with Gasteiger partial charge in [0, 0.05) is 6.54 Å². The Labute approximate surface area is 174 Å². The zero-order valence-corrected chi connectivity index (χ0v) is 17.1. The van der Waals surface area contributed by atoms with E-state index in [1.54, 1.807) is 18.4 Å². The Kier molecular flexibility index (Phi) is 5.86. The highest BCUT2D eigenvalue weighted by Crippen LogP contribution is 2.29. The molecule has 0 fully saturated rings. The van der Waals surface area contributed by atoms with Crippen molar-refractivity contribution in [3.8, 4) is 5.75 Å². The molecule has 0 aliphatic heterocycles. The predicted octanol–water partition coefficient (Wildman–Crippen LogP) is 5.12. The molecule has 146 valence electrons. The van der Waals surface area contributed by atoms with E-state index < -0.39 is 0 Å². The lowest BCUT2D eigenvalue weighted by Gasteiger charge is -2.20. The van der Waals surface area contributed by atoms with Crippen molar-refractivity contribution >= 4 is 32.6 Å². The maximum atomic E-state index is 13.2. The smallest absolute Gasteiger partial charge is 0.233 e. The molecule has 0 bridgehead atoms. The highest BCUT2D eigenvalue weighted by molar-refractivity contribution is 7.22. The molecule has 0 N–H and O–H groups in total. The van der Waals surface area contributed by atoms with Crippen molar-refractivity contribution in [1.29, 1.82) is 0 Å². The second-order valence-electron chi connectivity index (χ2n) is 6.77. The lowest BCUT2D eigenvalue weighted by molar-refractivity contribution is -0.118. The van der Waals surface area contributed by atoms with Crippen LogP contribution in [0.25, 0.3) is 10.2 Å². The van der Waals surface area contributed by atoms with E-state index in [1.807, 2.05) is 71.6 Å². The minimum atomic E-state index is 0.0464. The minimum Gasteiger partial charge on any atom is -0.497 e. The maximum Gasteiger partial charge on any atom is 0.233 e. The number of nitrogens with zero attached hydrogens (tertiary/aromatic N) is 2. The molecule has 0 aliphatic rings. The van der Waals surface area contributed by atoms with E-state index in [4.69, 9.17) is 9.72 Å². The number of benzene rings is 3. The highest BCUT2D eigenvalue weighted by atomic mass is 32.1. The van der Waals surface area contributed by atoms with Crippen LogP contribution in [-0.4, -0.2) is 24.5 Å². The van der Waals surface area contributed by atoms with E-state index >= 15 is 0 Å². The Morgan fingerprint density at radius 2 is 1.66 bits per heavy atom. The summed E-state index contributed by atoms with van der Waals surface area (Å²) in [7, 11) is 1.64. The molecule has 1 heterocycles. The molecule has 0 saturated heterocycles. The van der Waals surface area contributed by atoms with Gasteiger partial charge < -0.3 is 4.74 Å². The first-order valence-electron chi connectivity index (χ1n) is 9.56. The van der Waals surface area contributed by atoms with Crippen LogP contribution in [-0.2, 0) is 17.6 Å². The van der Waals surface area contributed by atoms with E-state index in [1.165, 1.54) is 5.56 Å². The number of hydrogen-bond acceptors (Lipinski definition) is 4. The number of ether oxygens (including phenoxy) is 1. The zero-order chi connectivity index (χ0) is 20.1. The van der Waals surface area contributed by atoms with Crippen LogP contribution in [0.2, 0.25) is 0 Å². The quantitative estimate of drug-likeness (QED) is 0.431. The largest absolute Gasteiger partial charge is 0.497 e. The number of anilines is 1. The minimum absolute atomic E-state index is 0.0464. The predicted molar refractivity (Wildman–Crippen MR) is 119 cm³/mol. The summed E-state index contributed by atoms with van der Waals surface area (Å²) < 4.78 is 6.30. The van der Waals surface area contributed by atoms with Crippen LogP contribution in [0.1, 0.15) is 11.1 Å². The molecule has 4 aromatic rings. The van der Waals surface area contributed by atoms with E-state index in [2.05, 4.69) is 12.1 Å². The Morgan fingerprint density at radius 3 is 2.38 bits per heavy atom. The number of hydrogen-bond donors (Lipinski definition) is 0. The van der Waals surface area contributed by atoms with Crippen LogP contribution >= 0.6 is 11.3 Å². The molecule has 4 nitrogen and oxygen atoms in total. The highest BCUT2D eigenvalue weighted by Gasteiger charge is 2.20. The summed E-state index contributed by atoms with van der Waals surface area (Å²) in [5.41, 5.74) is 3.09. The van der Waals surface area contributed by atoms with Gasteiger partial charge in [-0.15, -0.1) is 0 Å². The topological polar surface area (TPSA) is 42.4 Å². The summed E-state index contributed by atoms with van der Waals surface area (Å²) in [5, 5.41) is 0.751. The van der Waals surface area contributed by atoms with Crippen molar-refractivity contribution in [2.24, 2.45) is 0 Å². The van der Waals surface area contributed by atoms with Crippen LogP contribution < -0.4 is 9.64 Å². The first-order valence-corrected chi connectivity index (χ1v) is 10.4.